The summed E-state index contributed by atoms with van der Waals surface area (Å²) in [7, 11) is 3.97. The van der Waals surface area contributed by atoms with E-state index in [4.69, 9.17) is 0 Å². The Morgan fingerprint density at radius 3 is 2.24 bits per heavy atom. The standard InChI is InChI=1S/C29H34N2O3/c1-30(2)23-16-14-20(15-17-23)26-25(28(33)29(34)31(26)24-10-4-3-5-11-24)27(32)22-13-12-19-8-6-7-9-21(19)18-22/h12-18,24,26,32H,3-11H2,1-2H3/b27-25-. The van der Waals surface area contributed by atoms with Gasteiger partial charge in [0.2, 0.25) is 0 Å². The molecule has 1 saturated heterocycles. The van der Waals surface area contributed by atoms with Crippen LogP contribution < -0.4 is 4.90 Å². The number of fused-ring (bicyclic) bond motifs is 1. The third-order valence-corrected chi connectivity index (χ3v) is 7.80. The maximum Gasteiger partial charge on any atom is 0.295 e. The van der Waals surface area contributed by atoms with Crippen LogP contribution in [0, 0.1) is 0 Å². The van der Waals surface area contributed by atoms with Crippen molar-refractivity contribution in [3.63, 3.8) is 0 Å². The number of aliphatic hydroxyl groups is 1. The van der Waals surface area contributed by atoms with Gasteiger partial charge in [0.15, 0.2) is 0 Å². The molecule has 1 heterocycles. The SMILES string of the molecule is CN(C)c1ccc(C2/C(=C(/O)c3ccc4c(c3)CCCC4)C(=O)C(=O)N2C2CCCCC2)cc1. The Morgan fingerprint density at radius 1 is 0.882 bits per heavy atom. The minimum Gasteiger partial charge on any atom is -0.507 e. The summed E-state index contributed by atoms with van der Waals surface area (Å²) in [5, 5.41) is 11.5. The fourth-order valence-electron chi connectivity index (χ4n) is 5.90. The molecule has 178 valence electrons. The molecular formula is C29H34N2O3. The van der Waals surface area contributed by atoms with Gasteiger partial charge in [-0.15, -0.1) is 0 Å². The molecular weight excluding hydrogens is 424 g/mol. The van der Waals surface area contributed by atoms with Gasteiger partial charge in [-0.1, -0.05) is 43.5 Å². The lowest BCUT2D eigenvalue weighted by Gasteiger charge is -2.35. The van der Waals surface area contributed by atoms with Gasteiger partial charge in [0.25, 0.3) is 11.7 Å². The predicted molar refractivity (Wildman–Crippen MR) is 135 cm³/mol. The summed E-state index contributed by atoms with van der Waals surface area (Å²) in [6, 6.07) is 13.5. The number of ketones is 1. The molecule has 0 aromatic heterocycles. The Bertz CT molecular complexity index is 1130. The highest BCUT2D eigenvalue weighted by atomic mass is 16.3. The van der Waals surface area contributed by atoms with Crippen molar-refractivity contribution < 1.29 is 14.7 Å². The number of nitrogens with zero attached hydrogens (tertiary/aromatic N) is 2. The van der Waals surface area contributed by atoms with Crippen molar-refractivity contribution in [2.45, 2.75) is 69.9 Å². The van der Waals surface area contributed by atoms with E-state index in [1.54, 1.807) is 4.90 Å². The number of Topliss-reactive ketones (excluding diaryl/α,β-unsaturated/α-hetero) is 1. The highest BCUT2D eigenvalue weighted by Gasteiger charge is 2.48. The first-order valence-corrected chi connectivity index (χ1v) is 12.7. The third kappa shape index (κ3) is 4.02. The molecule has 1 saturated carbocycles. The summed E-state index contributed by atoms with van der Waals surface area (Å²) in [4.78, 5) is 30.6. The highest BCUT2D eigenvalue weighted by Crippen LogP contribution is 2.43. The molecule has 1 unspecified atom stereocenters. The number of anilines is 1. The van der Waals surface area contributed by atoms with Gasteiger partial charge in [-0.2, -0.15) is 0 Å². The number of amides is 1. The molecule has 0 spiro atoms. The molecule has 2 aromatic carbocycles. The minimum atomic E-state index is -0.567. The quantitative estimate of drug-likeness (QED) is 0.379. The van der Waals surface area contributed by atoms with Crippen LogP contribution in [-0.4, -0.2) is 41.8 Å². The van der Waals surface area contributed by atoms with Crippen molar-refractivity contribution in [3.05, 3.63) is 70.3 Å². The first-order valence-electron chi connectivity index (χ1n) is 12.7. The van der Waals surface area contributed by atoms with Crippen molar-refractivity contribution in [2.24, 2.45) is 0 Å². The van der Waals surface area contributed by atoms with Crippen molar-refractivity contribution in [2.75, 3.05) is 19.0 Å². The monoisotopic (exact) mass is 458 g/mol. The molecule has 0 radical (unpaired) electrons. The number of hydrogen-bond acceptors (Lipinski definition) is 4. The summed E-state index contributed by atoms with van der Waals surface area (Å²) in [6.07, 6.45) is 9.46. The van der Waals surface area contributed by atoms with Gasteiger partial charge in [0.05, 0.1) is 11.6 Å². The average Bonchev–Trinajstić information content (AvgIpc) is 3.14. The zero-order chi connectivity index (χ0) is 23.8. The van der Waals surface area contributed by atoms with Gasteiger partial charge in [-0.25, -0.2) is 0 Å². The van der Waals surface area contributed by atoms with Crippen molar-refractivity contribution in [1.29, 1.82) is 0 Å². The second-order valence-electron chi connectivity index (χ2n) is 10.2. The summed E-state index contributed by atoms with van der Waals surface area (Å²) in [5.41, 5.74) is 5.34. The van der Waals surface area contributed by atoms with Crippen LogP contribution >= 0.6 is 0 Å². The van der Waals surface area contributed by atoms with Crippen LogP contribution in [0.25, 0.3) is 5.76 Å². The van der Waals surface area contributed by atoms with E-state index < -0.39 is 17.7 Å². The second kappa shape index (κ2) is 9.28. The number of hydrogen-bond donors (Lipinski definition) is 1. The fraction of sp³-hybridized carbons (Fsp3) is 0.448. The maximum atomic E-state index is 13.4. The van der Waals surface area contributed by atoms with Crippen molar-refractivity contribution >= 4 is 23.1 Å². The van der Waals surface area contributed by atoms with E-state index in [-0.39, 0.29) is 17.4 Å². The van der Waals surface area contributed by atoms with Crippen LogP contribution in [0.3, 0.4) is 0 Å². The molecule has 1 amide bonds. The van der Waals surface area contributed by atoms with Crippen LogP contribution in [0.1, 0.15) is 73.2 Å². The lowest BCUT2D eigenvalue weighted by molar-refractivity contribution is -0.141. The molecule has 34 heavy (non-hydrogen) atoms. The van der Waals surface area contributed by atoms with Gasteiger partial charge in [0.1, 0.15) is 5.76 Å². The summed E-state index contributed by atoms with van der Waals surface area (Å²) in [6.45, 7) is 0. The lowest BCUT2D eigenvalue weighted by Crippen LogP contribution is -2.40. The normalized spacial score (nSPS) is 22.6. The van der Waals surface area contributed by atoms with E-state index in [2.05, 4.69) is 6.07 Å². The number of benzene rings is 2. The van der Waals surface area contributed by atoms with Crippen molar-refractivity contribution in [1.82, 2.24) is 4.90 Å². The van der Waals surface area contributed by atoms with Crippen LogP contribution in [0.4, 0.5) is 5.69 Å². The maximum absolute atomic E-state index is 13.4. The minimum absolute atomic E-state index is 0.0255. The van der Waals surface area contributed by atoms with Gasteiger partial charge >= 0.3 is 0 Å². The molecule has 0 bridgehead atoms. The number of aliphatic hydroxyl groups excluding tert-OH is 1. The van der Waals surface area contributed by atoms with E-state index in [0.717, 1.165) is 62.6 Å². The summed E-state index contributed by atoms with van der Waals surface area (Å²) >= 11 is 0. The Morgan fingerprint density at radius 2 is 1.56 bits per heavy atom. The predicted octanol–water partition coefficient (Wildman–Crippen LogP) is 5.39. The van der Waals surface area contributed by atoms with E-state index in [1.807, 2.05) is 55.4 Å². The molecule has 5 nitrogen and oxygen atoms in total. The molecule has 3 aliphatic rings. The van der Waals surface area contributed by atoms with Gasteiger partial charge in [-0.3, -0.25) is 9.59 Å². The second-order valence-corrected chi connectivity index (χ2v) is 10.2. The largest absolute Gasteiger partial charge is 0.507 e. The van der Waals surface area contributed by atoms with E-state index in [9.17, 15) is 14.7 Å². The number of rotatable bonds is 4. The molecule has 2 aromatic rings. The van der Waals surface area contributed by atoms with Gasteiger partial charge in [-0.05, 0) is 73.4 Å². The molecule has 5 rings (SSSR count). The van der Waals surface area contributed by atoms with Crippen molar-refractivity contribution in [3.8, 4) is 0 Å². The Labute approximate surface area is 202 Å². The smallest absolute Gasteiger partial charge is 0.295 e. The average molecular weight is 459 g/mol. The highest BCUT2D eigenvalue weighted by molar-refractivity contribution is 6.46. The molecule has 1 aliphatic heterocycles. The van der Waals surface area contributed by atoms with E-state index in [1.165, 1.54) is 17.5 Å². The van der Waals surface area contributed by atoms with E-state index in [0.29, 0.717) is 5.56 Å². The van der Waals surface area contributed by atoms with E-state index >= 15 is 0 Å². The van der Waals surface area contributed by atoms with Crippen LogP contribution in [-0.2, 0) is 22.4 Å². The zero-order valence-electron chi connectivity index (χ0n) is 20.2. The van der Waals surface area contributed by atoms with Crippen LogP contribution in [0.15, 0.2) is 48.0 Å². The molecule has 2 aliphatic carbocycles. The lowest BCUT2D eigenvalue weighted by atomic mass is 9.88. The summed E-state index contributed by atoms with van der Waals surface area (Å²) in [5.74, 6) is -1.10. The fourth-order valence-corrected chi connectivity index (χ4v) is 5.90. The molecule has 5 heteroatoms. The Balaban J connectivity index is 1.62. The molecule has 1 atom stereocenters. The summed E-state index contributed by atoms with van der Waals surface area (Å²) < 4.78 is 0. The number of aryl methyl sites for hydroxylation is 2. The number of likely N-dealkylation sites (tertiary alicyclic amines) is 1. The third-order valence-electron chi connectivity index (χ3n) is 7.80. The first-order chi connectivity index (χ1) is 16.5. The zero-order valence-corrected chi connectivity index (χ0v) is 20.2. The number of carbonyl (C=O) groups excluding carboxylic acids is 2. The van der Waals surface area contributed by atoms with Gasteiger partial charge < -0.3 is 14.9 Å². The van der Waals surface area contributed by atoms with Crippen LogP contribution in [0.5, 0.6) is 0 Å². The Kier molecular flexibility index (Phi) is 6.20. The Hall–Kier alpha value is -3.08. The number of carbonyl (C=O) groups is 2. The molecule has 2 fully saturated rings. The van der Waals surface area contributed by atoms with Gasteiger partial charge in [0, 0.05) is 31.4 Å². The van der Waals surface area contributed by atoms with Crippen LogP contribution in [0.2, 0.25) is 0 Å². The topological polar surface area (TPSA) is 60.9 Å². The first kappa shape index (κ1) is 22.7. The molecule has 1 N–H and O–H groups in total.